The van der Waals surface area contributed by atoms with E-state index in [1.165, 1.54) is 55.6 Å². The maximum Gasteiger partial charge on any atom is 0.143 e. The van der Waals surface area contributed by atoms with Crippen LogP contribution in [0.15, 0.2) is 241 Å². The molecule has 308 valence electrons. The van der Waals surface area contributed by atoms with Crippen LogP contribution >= 0.6 is 0 Å². The standard InChI is InChI=1S/C63H45NO/c1-63(2)59-40-50(43-15-7-4-8-16-43)31-37-55(59)56-38-36-53(41-60(56)63)64(52-34-29-46(30-35-52)49-18-11-17-48(39-49)42-13-5-3-6-14-42)51-32-27-45(28-33-51)44-23-25-47(26-24-44)54-20-12-21-58-57-19-9-10-22-61(57)65-62(54)58/h3-41H,1-2H3. The van der Waals surface area contributed by atoms with E-state index >= 15 is 0 Å². The third-order valence-electron chi connectivity index (χ3n) is 13.5. The summed E-state index contributed by atoms with van der Waals surface area (Å²) >= 11 is 0. The van der Waals surface area contributed by atoms with Crippen LogP contribution in [0, 0.1) is 0 Å². The summed E-state index contributed by atoms with van der Waals surface area (Å²) in [6.45, 7) is 4.74. The van der Waals surface area contributed by atoms with Crippen LogP contribution in [0.2, 0.25) is 0 Å². The van der Waals surface area contributed by atoms with E-state index in [1.54, 1.807) is 0 Å². The zero-order valence-electron chi connectivity index (χ0n) is 36.4. The smallest absolute Gasteiger partial charge is 0.143 e. The summed E-state index contributed by atoms with van der Waals surface area (Å²) in [5.74, 6) is 0. The molecule has 0 radical (unpaired) electrons. The van der Waals surface area contributed by atoms with E-state index < -0.39 is 0 Å². The number of nitrogens with zero attached hydrogens (tertiary/aromatic N) is 1. The Kier molecular flexibility index (Phi) is 9.21. The Labute approximate surface area is 380 Å². The third kappa shape index (κ3) is 6.74. The van der Waals surface area contributed by atoms with Crippen LogP contribution in [-0.2, 0) is 5.41 Å². The van der Waals surface area contributed by atoms with Crippen LogP contribution in [-0.4, -0.2) is 0 Å². The van der Waals surface area contributed by atoms with Gasteiger partial charge in [-0.25, -0.2) is 0 Å². The molecule has 0 aliphatic heterocycles. The minimum Gasteiger partial charge on any atom is -0.455 e. The molecule has 1 aliphatic carbocycles. The van der Waals surface area contributed by atoms with E-state index in [9.17, 15) is 0 Å². The van der Waals surface area contributed by atoms with Crippen molar-refractivity contribution in [2.45, 2.75) is 19.3 Å². The molecule has 0 N–H and O–H groups in total. The van der Waals surface area contributed by atoms with Crippen LogP contribution in [0.3, 0.4) is 0 Å². The molecule has 0 saturated heterocycles. The fourth-order valence-corrected chi connectivity index (χ4v) is 10.1. The van der Waals surface area contributed by atoms with Crippen LogP contribution in [0.5, 0.6) is 0 Å². The van der Waals surface area contributed by atoms with Gasteiger partial charge in [-0.2, -0.15) is 0 Å². The van der Waals surface area contributed by atoms with Gasteiger partial charge in [-0.1, -0.05) is 196 Å². The summed E-state index contributed by atoms with van der Waals surface area (Å²) < 4.78 is 6.38. The molecule has 0 bridgehead atoms. The zero-order valence-corrected chi connectivity index (χ0v) is 36.4. The number of furan rings is 1. The lowest BCUT2D eigenvalue weighted by Crippen LogP contribution is -2.16. The molecular weight excluding hydrogens is 787 g/mol. The van der Waals surface area contributed by atoms with Crippen molar-refractivity contribution in [1.29, 1.82) is 0 Å². The molecule has 0 saturated carbocycles. The number of hydrogen-bond acceptors (Lipinski definition) is 2. The van der Waals surface area contributed by atoms with Gasteiger partial charge in [0.1, 0.15) is 11.2 Å². The molecule has 0 fully saturated rings. The van der Waals surface area contributed by atoms with Gasteiger partial charge in [0.2, 0.25) is 0 Å². The molecule has 0 atom stereocenters. The zero-order chi connectivity index (χ0) is 43.5. The molecule has 0 amide bonds. The Bertz CT molecular complexity index is 3530. The molecule has 0 unspecified atom stereocenters. The lowest BCUT2D eigenvalue weighted by atomic mass is 9.81. The highest BCUT2D eigenvalue weighted by atomic mass is 16.3. The summed E-state index contributed by atoms with van der Waals surface area (Å²) in [6, 6.07) is 85.8. The Balaban J connectivity index is 0.904. The van der Waals surface area contributed by atoms with Gasteiger partial charge < -0.3 is 9.32 Å². The normalized spacial score (nSPS) is 12.6. The summed E-state index contributed by atoms with van der Waals surface area (Å²) in [5, 5.41) is 2.29. The Morgan fingerprint density at radius 3 is 1.38 bits per heavy atom. The van der Waals surface area contributed by atoms with Crippen molar-refractivity contribution in [1.82, 2.24) is 0 Å². The van der Waals surface area contributed by atoms with Gasteiger partial charge in [-0.05, 0) is 127 Å². The number of hydrogen-bond donors (Lipinski definition) is 0. The van der Waals surface area contributed by atoms with Crippen LogP contribution in [0.4, 0.5) is 17.1 Å². The first-order valence-corrected chi connectivity index (χ1v) is 22.5. The van der Waals surface area contributed by atoms with Gasteiger partial charge in [0, 0.05) is 38.8 Å². The van der Waals surface area contributed by atoms with E-state index in [0.29, 0.717) is 0 Å². The van der Waals surface area contributed by atoms with Crippen LogP contribution < -0.4 is 4.90 Å². The molecular formula is C63H45NO. The minimum absolute atomic E-state index is 0.184. The highest BCUT2D eigenvalue weighted by Gasteiger charge is 2.36. The van der Waals surface area contributed by atoms with E-state index in [2.05, 4.69) is 243 Å². The first-order chi connectivity index (χ1) is 32.0. The van der Waals surface area contributed by atoms with Gasteiger partial charge in [0.05, 0.1) is 0 Å². The average Bonchev–Trinajstić information content (AvgIpc) is 3.86. The monoisotopic (exact) mass is 831 g/mol. The van der Waals surface area contributed by atoms with Gasteiger partial charge in [-0.3, -0.25) is 0 Å². The highest BCUT2D eigenvalue weighted by molar-refractivity contribution is 6.09. The summed E-state index contributed by atoms with van der Waals surface area (Å²) in [7, 11) is 0. The quantitative estimate of drug-likeness (QED) is 0.152. The van der Waals surface area contributed by atoms with E-state index in [1.807, 2.05) is 12.1 Å². The number of rotatable bonds is 8. The van der Waals surface area contributed by atoms with Crippen molar-refractivity contribution in [3.8, 4) is 66.8 Å². The lowest BCUT2D eigenvalue weighted by Gasteiger charge is -2.28. The predicted molar refractivity (Wildman–Crippen MR) is 273 cm³/mol. The number of benzene rings is 10. The van der Waals surface area contributed by atoms with Crippen molar-refractivity contribution < 1.29 is 4.42 Å². The van der Waals surface area contributed by atoms with Crippen molar-refractivity contribution in [2.24, 2.45) is 0 Å². The fourth-order valence-electron chi connectivity index (χ4n) is 10.1. The number of para-hydroxylation sites is 2. The molecule has 65 heavy (non-hydrogen) atoms. The van der Waals surface area contributed by atoms with Crippen molar-refractivity contribution in [3.05, 3.63) is 248 Å². The van der Waals surface area contributed by atoms with Crippen LogP contribution in [0.25, 0.3) is 88.7 Å². The minimum atomic E-state index is -0.184. The Morgan fingerprint density at radius 2 is 0.738 bits per heavy atom. The molecule has 2 nitrogen and oxygen atoms in total. The largest absolute Gasteiger partial charge is 0.455 e. The van der Waals surface area contributed by atoms with Crippen molar-refractivity contribution in [3.63, 3.8) is 0 Å². The first kappa shape index (κ1) is 38.5. The fraction of sp³-hybridized carbons (Fsp3) is 0.0476. The van der Waals surface area contributed by atoms with E-state index in [0.717, 1.165) is 61.3 Å². The molecule has 11 aromatic rings. The predicted octanol–water partition coefficient (Wildman–Crippen LogP) is 17.7. The molecule has 10 aromatic carbocycles. The van der Waals surface area contributed by atoms with E-state index in [4.69, 9.17) is 4.42 Å². The molecule has 12 rings (SSSR count). The van der Waals surface area contributed by atoms with Gasteiger partial charge in [0.25, 0.3) is 0 Å². The maximum absolute atomic E-state index is 6.38. The van der Waals surface area contributed by atoms with Gasteiger partial charge in [0.15, 0.2) is 0 Å². The van der Waals surface area contributed by atoms with Crippen LogP contribution in [0.1, 0.15) is 25.0 Å². The molecule has 2 heteroatoms. The second-order valence-corrected chi connectivity index (χ2v) is 17.7. The number of fused-ring (bicyclic) bond motifs is 6. The second kappa shape index (κ2) is 15.6. The molecule has 1 aromatic heterocycles. The molecule has 1 heterocycles. The molecule has 0 spiro atoms. The SMILES string of the molecule is CC1(C)c2cc(-c3ccccc3)ccc2-c2ccc(N(c3ccc(-c4ccc(-c5cccc6c5oc5ccccc56)cc4)cc3)c3ccc(-c4cccc(-c5ccccc5)c4)cc3)cc21. The topological polar surface area (TPSA) is 16.4 Å². The van der Waals surface area contributed by atoms with Gasteiger partial charge >= 0.3 is 0 Å². The third-order valence-corrected chi connectivity index (χ3v) is 13.5. The summed E-state index contributed by atoms with van der Waals surface area (Å²) in [6.07, 6.45) is 0. The van der Waals surface area contributed by atoms with Crippen molar-refractivity contribution in [2.75, 3.05) is 4.90 Å². The maximum atomic E-state index is 6.38. The Hall–Kier alpha value is -8.20. The first-order valence-electron chi connectivity index (χ1n) is 22.5. The summed E-state index contributed by atoms with van der Waals surface area (Å²) in [5.41, 5.74) is 22.2. The van der Waals surface area contributed by atoms with Gasteiger partial charge in [-0.15, -0.1) is 0 Å². The Morgan fingerprint density at radius 1 is 0.308 bits per heavy atom. The number of anilines is 3. The summed E-state index contributed by atoms with van der Waals surface area (Å²) in [4.78, 5) is 2.40. The highest BCUT2D eigenvalue weighted by Crippen LogP contribution is 2.52. The average molecular weight is 832 g/mol. The second-order valence-electron chi connectivity index (χ2n) is 17.7. The lowest BCUT2D eigenvalue weighted by molar-refractivity contribution is 0.660. The molecule has 1 aliphatic rings. The van der Waals surface area contributed by atoms with Crippen molar-refractivity contribution >= 4 is 39.0 Å². The van der Waals surface area contributed by atoms with E-state index in [-0.39, 0.29) is 5.41 Å².